The molecule has 0 bridgehead atoms. The van der Waals surface area contributed by atoms with Crippen LogP contribution in [0.25, 0.3) is 0 Å². The monoisotopic (exact) mass is 296 g/mol. The molecule has 2 rings (SSSR count). The van der Waals surface area contributed by atoms with Gasteiger partial charge in [0.25, 0.3) is 0 Å². The van der Waals surface area contributed by atoms with Gasteiger partial charge in [-0.1, -0.05) is 34.1 Å². The zero-order valence-corrected chi connectivity index (χ0v) is 11.4. The van der Waals surface area contributed by atoms with E-state index in [1.54, 1.807) is 11.3 Å². The summed E-state index contributed by atoms with van der Waals surface area (Å²) in [5.74, 6) is 0. The van der Waals surface area contributed by atoms with E-state index >= 15 is 0 Å². The molecule has 4 heteroatoms. The van der Waals surface area contributed by atoms with Gasteiger partial charge in [-0.3, -0.25) is 0 Å². The minimum atomic E-state index is 0.666. The summed E-state index contributed by atoms with van der Waals surface area (Å²) in [6.45, 7) is 2.02. The molecule has 2 aromatic rings. The van der Waals surface area contributed by atoms with Crippen molar-refractivity contribution >= 4 is 32.4 Å². The van der Waals surface area contributed by atoms with Crippen LogP contribution in [0, 0.1) is 6.92 Å². The number of halogens is 1. The normalized spacial score (nSPS) is 10.6. The fraction of sp³-hybridized carbons (Fsp3) is 0.250. The molecule has 0 unspecified atom stereocenters. The summed E-state index contributed by atoms with van der Waals surface area (Å²) >= 11 is 5.15. The summed E-state index contributed by atoms with van der Waals surface area (Å²) in [5.41, 5.74) is 8.07. The number of nitrogens with zero attached hydrogens (tertiary/aromatic N) is 1. The van der Waals surface area contributed by atoms with Gasteiger partial charge in [-0.25, -0.2) is 4.98 Å². The van der Waals surface area contributed by atoms with Gasteiger partial charge in [0.2, 0.25) is 0 Å². The van der Waals surface area contributed by atoms with Crippen LogP contribution in [0.2, 0.25) is 0 Å². The van der Waals surface area contributed by atoms with Crippen molar-refractivity contribution in [1.29, 1.82) is 0 Å². The van der Waals surface area contributed by atoms with Crippen LogP contribution in [0.4, 0.5) is 5.13 Å². The van der Waals surface area contributed by atoms with Crippen LogP contribution in [-0.4, -0.2) is 4.98 Å². The predicted molar refractivity (Wildman–Crippen MR) is 72.8 cm³/mol. The van der Waals surface area contributed by atoms with Gasteiger partial charge in [0.05, 0.1) is 5.69 Å². The van der Waals surface area contributed by atoms with E-state index in [0.717, 1.165) is 18.5 Å². The number of aryl methyl sites for hydroxylation is 3. The Kier molecular flexibility index (Phi) is 3.61. The van der Waals surface area contributed by atoms with Crippen molar-refractivity contribution < 1.29 is 0 Å². The first-order chi connectivity index (χ1) is 7.66. The SMILES string of the molecule is Cc1nc(N)sc1CCc1ccccc1Br. The molecule has 84 valence electrons. The summed E-state index contributed by atoms with van der Waals surface area (Å²) in [6, 6.07) is 8.31. The van der Waals surface area contributed by atoms with Crippen LogP contribution in [0.5, 0.6) is 0 Å². The van der Waals surface area contributed by atoms with Gasteiger partial charge in [0, 0.05) is 9.35 Å². The highest BCUT2D eigenvalue weighted by Crippen LogP contribution is 2.23. The van der Waals surface area contributed by atoms with Crippen molar-refractivity contribution in [2.75, 3.05) is 5.73 Å². The van der Waals surface area contributed by atoms with Crippen LogP contribution in [0.15, 0.2) is 28.7 Å². The largest absolute Gasteiger partial charge is 0.375 e. The second-order valence-electron chi connectivity index (χ2n) is 3.65. The molecule has 0 aliphatic heterocycles. The van der Waals surface area contributed by atoms with Gasteiger partial charge in [-0.15, -0.1) is 11.3 Å². The van der Waals surface area contributed by atoms with Gasteiger partial charge in [0.1, 0.15) is 0 Å². The molecule has 0 saturated heterocycles. The summed E-state index contributed by atoms with van der Waals surface area (Å²) in [5, 5.41) is 0.666. The second-order valence-corrected chi connectivity index (χ2v) is 5.62. The van der Waals surface area contributed by atoms with Crippen LogP contribution in [-0.2, 0) is 12.8 Å². The molecule has 0 atom stereocenters. The van der Waals surface area contributed by atoms with E-state index < -0.39 is 0 Å². The molecule has 0 saturated carbocycles. The Labute approximate surface area is 108 Å². The molecule has 0 radical (unpaired) electrons. The number of benzene rings is 1. The van der Waals surface area contributed by atoms with Crippen molar-refractivity contribution in [3.63, 3.8) is 0 Å². The fourth-order valence-electron chi connectivity index (χ4n) is 1.63. The Bertz CT molecular complexity index is 494. The molecular formula is C12H13BrN2S. The lowest BCUT2D eigenvalue weighted by Gasteiger charge is -2.02. The van der Waals surface area contributed by atoms with E-state index in [0.29, 0.717) is 5.13 Å². The lowest BCUT2D eigenvalue weighted by atomic mass is 10.1. The van der Waals surface area contributed by atoms with Crippen LogP contribution < -0.4 is 5.73 Å². The Morgan fingerprint density at radius 3 is 2.69 bits per heavy atom. The lowest BCUT2D eigenvalue weighted by molar-refractivity contribution is 0.957. The number of rotatable bonds is 3. The maximum absolute atomic E-state index is 5.68. The first-order valence-electron chi connectivity index (χ1n) is 5.12. The topological polar surface area (TPSA) is 38.9 Å². The molecule has 1 aromatic carbocycles. The molecule has 0 fully saturated rings. The summed E-state index contributed by atoms with van der Waals surface area (Å²) < 4.78 is 1.17. The average molecular weight is 297 g/mol. The highest BCUT2D eigenvalue weighted by Gasteiger charge is 2.06. The molecular weight excluding hydrogens is 284 g/mol. The number of thiazole rings is 1. The van der Waals surface area contributed by atoms with E-state index in [9.17, 15) is 0 Å². The third-order valence-electron chi connectivity index (χ3n) is 2.49. The van der Waals surface area contributed by atoms with Crippen LogP contribution in [0.3, 0.4) is 0 Å². The van der Waals surface area contributed by atoms with E-state index in [2.05, 4.69) is 39.1 Å². The van der Waals surface area contributed by atoms with Gasteiger partial charge in [-0.2, -0.15) is 0 Å². The zero-order valence-electron chi connectivity index (χ0n) is 9.03. The minimum Gasteiger partial charge on any atom is -0.375 e. The second kappa shape index (κ2) is 4.97. The smallest absolute Gasteiger partial charge is 0.180 e. The predicted octanol–water partition coefficient (Wildman–Crippen LogP) is 3.58. The number of anilines is 1. The third-order valence-corrected chi connectivity index (χ3v) is 4.31. The van der Waals surface area contributed by atoms with E-state index in [1.807, 2.05) is 13.0 Å². The molecule has 0 spiro atoms. The van der Waals surface area contributed by atoms with Crippen molar-refractivity contribution in [1.82, 2.24) is 4.98 Å². The molecule has 0 amide bonds. The van der Waals surface area contributed by atoms with Crippen molar-refractivity contribution in [2.24, 2.45) is 0 Å². The van der Waals surface area contributed by atoms with Crippen molar-refractivity contribution in [2.45, 2.75) is 19.8 Å². The quantitative estimate of drug-likeness (QED) is 0.940. The molecule has 2 N–H and O–H groups in total. The average Bonchev–Trinajstić information content (AvgIpc) is 2.56. The fourth-order valence-corrected chi connectivity index (χ4v) is 2.95. The minimum absolute atomic E-state index is 0.666. The first kappa shape index (κ1) is 11.6. The molecule has 0 aliphatic carbocycles. The van der Waals surface area contributed by atoms with Crippen LogP contribution >= 0.6 is 27.3 Å². The lowest BCUT2D eigenvalue weighted by Crippen LogP contribution is -1.91. The molecule has 16 heavy (non-hydrogen) atoms. The standard InChI is InChI=1S/C12H13BrN2S/c1-8-11(16-12(14)15-8)7-6-9-4-2-3-5-10(9)13/h2-5H,6-7H2,1H3,(H2,14,15). The van der Waals surface area contributed by atoms with Gasteiger partial charge < -0.3 is 5.73 Å². The third kappa shape index (κ3) is 2.62. The maximum atomic E-state index is 5.68. The van der Waals surface area contributed by atoms with Gasteiger partial charge in [0.15, 0.2) is 5.13 Å². The first-order valence-corrected chi connectivity index (χ1v) is 6.73. The van der Waals surface area contributed by atoms with E-state index in [4.69, 9.17) is 5.73 Å². The number of hydrogen-bond donors (Lipinski definition) is 1. The van der Waals surface area contributed by atoms with Crippen LogP contribution in [0.1, 0.15) is 16.1 Å². The Hall–Kier alpha value is -0.870. The van der Waals surface area contributed by atoms with E-state index in [-0.39, 0.29) is 0 Å². The van der Waals surface area contributed by atoms with E-state index in [1.165, 1.54) is 14.9 Å². The molecule has 0 aliphatic rings. The highest BCUT2D eigenvalue weighted by atomic mass is 79.9. The summed E-state index contributed by atoms with van der Waals surface area (Å²) in [4.78, 5) is 5.52. The Balaban J connectivity index is 2.08. The highest BCUT2D eigenvalue weighted by molar-refractivity contribution is 9.10. The maximum Gasteiger partial charge on any atom is 0.180 e. The summed E-state index contributed by atoms with van der Waals surface area (Å²) in [7, 11) is 0. The number of hydrogen-bond acceptors (Lipinski definition) is 3. The number of nitrogens with two attached hydrogens (primary N) is 1. The van der Waals surface area contributed by atoms with Crippen molar-refractivity contribution in [3.05, 3.63) is 44.9 Å². The Morgan fingerprint density at radius 1 is 1.31 bits per heavy atom. The number of nitrogen functional groups attached to an aromatic ring is 1. The van der Waals surface area contributed by atoms with Gasteiger partial charge >= 0.3 is 0 Å². The molecule has 1 heterocycles. The molecule has 1 aromatic heterocycles. The number of aromatic nitrogens is 1. The van der Waals surface area contributed by atoms with Gasteiger partial charge in [-0.05, 0) is 31.4 Å². The zero-order chi connectivity index (χ0) is 11.5. The van der Waals surface area contributed by atoms with Crippen molar-refractivity contribution in [3.8, 4) is 0 Å². The summed E-state index contributed by atoms with van der Waals surface area (Å²) in [6.07, 6.45) is 2.02. The Morgan fingerprint density at radius 2 is 2.06 bits per heavy atom. The molecule has 2 nitrogen and oxygen atoms in total.